The van der Waals surface area contributed by atoms with E-state index in [9.17, 15) is 9.59 Å². The summed E-state index contributed by atoms with van der Waals surface area (Å²) >= 11 is 1.36. The van der Waals surface area contributed by atoms with Gasteiger partial charge in [0, 0.05) is 43.0 Å². The largest absolute Gasteiger partial charge is 0.346 e. The van der Waals surface area contributed by atoms with Gasteiger partial charge in [-0.25, -0.2) is 4.98 Å². The lowest BCUT2D eigenvalue weighted by atomic mass is 9.80. The maximum Gasteiger partial charge on any atom is 0.280 e. The highest BCUT2D eigenvalue weighted by molar-refractivity contribution is 7.17. The minimum atomic E-state index is -0.124. The van der Waals surface area contributed by atoms with Crippen LogP contribution in [-0.4, -0.2) is 46.9 Å². The maximum absolute atomic E-state index is 12.7. The van der Waals surface area contributed by atoms with E-state index in [-0.39, 0.29) is 17.9 Å². The molecule has 3 fully saturated rings. The first-order valence-electron chi connectivity index (χ1n) is 9.39. The summed E-state index contributed by atoms with van der Waals surface area (Å²) in [4.78, 5) is 31.8. The second kappa shape index (κ2) is 7.40. The first kappa shape index (κ1) is 18.1. The fourth-order valence-corrected chi connectivity index (χ4v) is 5.05. The topological polar surface area (TPSA) is 74.3 Å². The molecule has 1 aromatic carbocycles. The molecule has 0 spiro atoms. The molecule has 7 heteroatoms. The summed E-state index contributed by atoms with van der Waals surface area (Å²) in [5.74, 6) is 0.338. The number of thiazole rings is 1. The van der Waals surface area contributed by atoms with Crippen molar-refractivity contribution in [3.63, 3.8) is 0 Å². The molecule has 0 aliphatic carbocycles. The third-order valence-electron chi connectivity index (χ3n) is 5.57. The molecule has 2 N–H and O–H groups in total. The molecule has 3 aliphatic rings. The predicted molar refractivity (Wildman–Crippen MR) is 107 cm³/mol. The van der Waals surface area contributed by atoms with Crippen molar-refractivity contribution >= 4 is 28.8 Å². The van der Waals surface area contributed by atoms with E-state index in [2.05, 4.69) is 27.4 Å². The van der Waals surface area contributed by atoms with E-state index in [1.54, 1.807) is 6.20 Å². The zero-order valence-corrected chi connectivity index (χ0v) is 16.4. The van der Waals surface area contributed by atoms with Gasteiger partial charge in [0.15, 0.2) is 5.01 Å². The molecule has 4 atom stereocenters. The maximum atomic E-state index is 12.7. The lowest BCUT2D eigenvalue weighted by Crippen LogP contribution is -2.60. The van der Waals surface area contributed by atoms with Crippen LogP contribution in [0.1, 0.15) is 36.5 Å². The molecule has 2 aromatic rings. The Balaban J connectivity index is 1.48. The van der Waals surface area contributed by atoms with Crippen molar-refractivity contribution in [2.24, 2.45) is 5.92 Å². The number of hydrogen-bond acceptors (Lipinski definition) is 5. The highest BCUT2D eigenvalue weighted by Gasteiger charge is 2.39. The number of carbonyl (C=O) groups is 2. The molecule has 2 amide bonds. The number of amides is 2. The third-order valence-corrected chi connectivity index (χ3v) is 6.60. The Labute approximate surface area is 163 Å². The monoisotopic (exact) mass is 384 g/mol. The molecular formula is C20H24N4O2S. The van der Waals surface area contributed by atoms with Crippen LogP contribution < -0.4 is 10.6 Å². The molecule has 2 bridgehead atoms. The van der Waals surface area contributed by atoms with Crippen LogP contribution in [0.2, 0.25) is 0 Å². The highest BCUT2D eigenvalue weighted by Crippen LogP contribution is 2.34. The quantitative estimate of drug-likeness (QED) is 0.850. The van der Waals surface area contributed by atoms with Gasteiger partial charge in [0.2, 0.25) is 5.91 Å². The summed E-state index contributed by atoms with van der Waals surface area (Å²) in [7, 11) is 0. The number of nitrogens with one attached hydrogen (secondary N) is 2. The van der Waals surface area contributed by atoms with E-state index in [4.69, 9.17) is 0 Å². The molecule has 4 heterocycles. The van der Waals surface area contributed by atoms with Crippen LogP contribution in [0, 0.1) is 5.92 Å². The SMILES string of the molecule is CC(=O)Nc1ccccc1-c1cnc(C(=O)N[C@H]2CN3CCC2CC3C)s1. The number of nitrogens with zero attached hydrogens (tertiary/aromatic N) is 2. The molecule has 142 valence electrons. The van der Waals surface area contributed by atoms with Gasteiger partial charge in [-0.05, 0) is 38.3 Å². The molecule has 3 unspecified atom stereocenters. The van der Waals surface area contributed by atoms with Gasteiger partial charge in [0.1, 0.15) is 0 Å². The number of carbonyl (C=O) groups excluding carboxylic acids is 2. The van der Waals surface area contributed by atoms with E-state index in [0.29, 0.717) is 17.0 Å². The zero-order valence-electron chi connectivity index (χ0n) is 15.6. The van der Waals surface area contributed by atoms with Gasteiger partial charge in [-0.2, -0.15) is 0 Å². The van der Waals surface area contributed by atoms with Crippen molar-refractivity contribution < 1.29 is 9.59 Å². The number of anilines is 1. The summed E-state index contributed by atoms with van der Waals surface area (Å²) in [5, 5.41) is 6.49. The molecule has 0 saturated carbocycles. The average Bonchev–Trinajstić information content (AvgIpc) is 3.13. The van der Waals surface area contributed by atoms with Gasteiger partial charge in [0.05, 0.1) is 4.88 Å². The summed E-state index contributed by atoms with van der Waals surface area (Å²) in [5.41, 5.74) is 1.60. The van der Waals surface area contributed by atoms with Gasteiger partial charge in [0.25, 0.3) is 5.91 Å². The molecular weight excluding hydrogens is 360 g/mol. The Morgan fingerprint density at radius 1 is 1.30 bits per heavy atom. The average molecular weight is 385 g/mol. The smallest absolute Gasteiger partial charge is 0.280 e. The van der Waals surface area contributed by atoms with E-state index in [1.807, 2.05) is 24.3 Å². The van der Waals surface area contributed by atoms with Crippen molar-refractivity contribution in [1.29, 1.82) is 0 Å². The molecule has 3 aliphatic heterocycles. The minimum absolute atomic E-state index is 0.102. The van der Waals surface area contributed by atoms with Crippen molar-refractivity contribution in [2.75, 3.05) is 18.4 Å². The molecule has 0 radical (unpaired) electrons. The minimum Gasteiger partial charge on any atom is -0.346 e. The van der Waals surface area contributed by atoms with Crippen LogP contribution in [0.5, 0.6) is 0 Å². The summed E-state index contributed by atoms with van der Waals surface area (Å²) in [6.07, 6.45) is 4.01. The van der Waals surface area contributed by atoms with E-state index in [0.717, 1.165) is 42.1 Å². The number of fused-ring (bicyclic) bond motifs is 3. The Morgan fingerprint density at radius 2 is 2.11 bits per heavy atom. The fourth-order valence-electron chi connectivity index (χ4n) is 4.19. The molecule has 5 rings (SSSR count). The Morgan fingerprint density at radius 3 is 2.81 bits per heavy atom. The summed E-state index contributed by atoms with van der Waals surface area (Å²) in [6.45, 7) is 5.82. The van der Waals surface area contributed by atoms with Crippen LogP contribution in [0.4, 0.5) is 5.69 Å². The Bertz CT molecular complexity index is 865. The van der Waals surface area contributed by atoms with Crippen LogP contribution in [0.3, 0.4) is 0 Å². The van der Waals surface area contributed by atoms with Crippen molar-refractivity contribution in [2.45, 2.75) is 38.8 Å². The van der Waals surface area contributed by atoms with Crippen molar-refractivity contribution in [3.05, 3.63) is 35.5 Å². The Hall–Kier alpha value is -2.25. The number of rotatable bonds is 4. The van der Waals surface area contributed by atoms with Gasteiger partial charge < -0.3 is 10.6 Å². The second-order valence-electron chi connectivity index (χ2n) is 7.46. The predicted octanol–water partition coefficient (Wildman–Crippen LogP) is 2.98. The third kappa shape index (κ3) is 3.75. The molecule has 1 aromatic heterocycles. The van der Waals surface area contributed by atoms with Crippen LogP contribution in [0.15, 0.2) is 30.5 Å². The lowest BCUT2D eigenvalue weighted by molar-refractivity contribution is -0.114. The standard InChI is InChI=1S/C20H24N4O2S/c1-12-9-14-7-8-24(12)11-17(14)23-19(26)20-21-10-18(27-20)15-5-3-4-6-16(15)22-13(2)25/h3-6,10,12,14,17H,7-9,11H2,1-2H3,(H,22,25)(H,23,26)/t12?,14?,17-/m0/s1. The van der Waals surface area contributed by atoms with Gasteiger partial charge in [-0.1, -0.05) is 18.2 Å². The summed E-state index contributed by atoms with van der Waals surface area (Å²) in [6, 6.07) is 8.39. The van der Waals surface area contributed by atoms with Crippen molar-refractivity contribution in [1.82, 2.24) is 15.2 Å². The molecule has 3 saturated heterocycles. The van der Waals surface area contributed by atoms with E-state index in [1.165, 1.54) is 18.3 Å². The summed E-state index contributed by atoms with van der Waals surface area (Å²) < 4.78 is 0. The van der Waals surface area contributed by atoms with E-state index < -0.39 is 0 Å². The first-order valence-corrected chi connectivity index (χ1v) is 10.2. The fraction of sp³-hybridized carbons (Fsp3) is 0.450. The molecule has 27 heavy (non-hydrogen) atoms. The number of aromatic nitrogens is 1. The van der Waals surface area contributed by atoms with Crippen LogP contribution in [0.25, 0.3) is 10.4 Å². The number of para-hydroxylation sites is 1. The normalized spacial score (nSPS) is 26.6. The number of benzene rings is 1. The van der Waals surface area contributed by atoms with Gasteiger partial charge >= 0.3 is 0 Å². The van der Waals surface area contributed by atoms with Gasteiger partial charge in [-0.15, -0.1) is 11.3 Å². The highest BCUT2D eigenvalue weighted by atomic mass is 32.1. The molecule has 6 nitrogen and oxygen atoms in total. The van der Waals surface area contributed by atoms with E-state index >= 15 is 0 Å². The van der Waals surface area contributed by atoms with Gasteiger partial charge in [-0.3, -0.25) is 14.5 Å². The van der Waals surface area contributed by atoms with Crippen LogP contribution >= 0.6 is 11.3 Å². The van der Waals surface area contributed by atoms with Crippen LogP contribution in [-0.2, 0) is 4.79 Å². The Kier molecular flexibility index (Phi) is 4.97. The lowest BCUT2D eigenvalue weighted by Gasteiger charge is -2.48. The van der Waals surface area contributed by atoms with Crippen molar-refractivity contribution in [3.8, 4) is 10.4 Å². The second-order valence-corrected chi connectivity index (χ2v) is 8.50. The zero-order chi connectivity index (χ0) is 19.0. The first-order chi connectivity index (χ1) is 13.0. The number of piperidine rings is 3. The number of hydrogen-bond donors (Lipinski definition) is 2.